The van der Waals surface area contributed by atoms with E-state index in [0.717, 1.165) is 0 Å². The minimum Gasteiger partial charge on any atom is -0.335 e. The molecular formula is C22H21N5O3. The molecule has 4 rings (SSSR count). The molecule has 0 saturated heterocycles. The first kappa shape index (κ1) is 19.5. The second-order valence-corrected chi connectivity index (χ2v) is 6.95. The lowest BCUT2D eigenvalue weighted by Gasteiger charge is -2.20. The van der Waals surface area contributed by atoms with Gasteiger partial charge in [0.25, 0.3) is 11.1 Å². The van der Waals surface area contributed by atoms with E-state index >= 15 is 0 Å². The van der Waals surface area contributed by atoms with Gasteiger partial charge in [-0.05, 0) is 31.2 Å². The van der Waals surface area contributed by atoms with Crippen LogP contribution in [0.5, 0.6) is 0 Å². The van der Waals surface area contributed by atoms with Crippen molar-refractivity contribution in [3.05, 3.63) is 81.4 Å². The maximum Gasteiger partial charge on any atom is 0.261 e. The minimum absolute atomic E-state index is 0.131. The lowest BCUT2D eigenvalue weighted by molar-refractivity contribution is -0.132. The Morgan fingerprint density at radius 2 is 1.73 bits per heavy atom. The Morgan fingerprint density at radius 1 is 1.03 bits per heavy atom. The van der Waals surface area contributed by atoms with Crippen LogP contribution in [-0.4, -0.2) is 36.9 Å². The van der Waals surface area contributed by atoms with E-state index in [4.69, 9.17) is 0 Å². The van der Waals surface area contributed by atoms with Gasteiger partial charge in [0.05, 0.1) is 34.7 Å². The zero-order valence-corrected chi connectivity index (χ0v) is 16.5. The van der Waals surface area contributed by atoms with Crippen molar-refractivity contribution in [2.75, 3.05) is 6.54 Å². The number of nitrogens with zero attached hydrogens (tertiary/aromatic N) is 4. The second kappa shape index (κ2) is 8.28. The number of hydrogen-bond donors (Lipinski definition) is 1. The summed E-state index contributed by atoms with van der Waals surface area (Å²) in [6.07, 6.45) is 1.61. The molecule has 0 atom stereocenters. The number of rotatable bonds is 6. The zero-order valence-electron chi connectivity index (χ0n) is 16.5. The normalized spacial score (nSPS) is 11.1. The molecule has 8 heteroatoms. The lowest BCUT2D eigenvalue weighted by atomic mass is 10.2. The van der Waals surface area contributed by atoms with Gasteiger partial charge in [-0.1, -0.05) is 24.3 Å². The Kier molecular flexibility index (Phi) is 5.38. The molecule has 2 heterocycles. The Balaban J connectivity index is 1.49. The molecule has 30 heavy (non-hydrogen) atoms. The van der Waals surface area contributed by atoms with Gasteiger partial charge >= 0.3 is 0 Å². The van der Waals surface area contributed by atoms with Crippen molar-refractivity contribution in [1.29, 1.82) is 0 Å². The third-order valence-corrected chi connectivity index (χ3v) is 5.04. The van der Waals surface area contributed by atoms with Crippen LogP contribution in [0.15, 0.2) is 64.4 Å². The number of amides is 1. The van der Waals surface area contributed by atoms with Crippen molar-refractivity contribution in [1.82, 2.24) is 24.4 Å². The molecule has 0 bridgehead atoms. The number of benzene rings is 2. The van der Waals surface area contributed by atoms with Crippen LogP contribution in [-0.2, 0) is 17.9 Å². The zero-order chi connectivity index (χ0) is 21.1. The van der Waals surface area contributed by atoms with Crippen molar-refractivity contribution in [2.45, 2.75) is 26.4 Å². The molecule has 0 fully saturated rings. The number of aromatic amines is 1. The van der Waals surface area contributed by atoms with Gasteiger partial charge in [0, 0.05) is 19.5 Å². The maximum atomic E-state index is 12.7. The van der Waals surface area contributed by atoms with Crippen LogP contribution in [0, 0.1) is 0 Å². The van der Waals surface area contributed by atoms with Gasteiger partial charge in [-0.2, -0.15) is 0 Å². The van der Waals surface area contributed by atoms with Crippen LogP contribution in [0.25, 0.3) is 21.8 Å². The van der Waals surface area contributed by atoms with Gasteiger partial charge in [-0.15, -0.1) is 0 Å². The van der Waals surface area contributed by atoms with E-state index in [1.54, 1.807) is 41.3 Å². The van der Waals surface area contributed by atoms with E-state index in [-0.39, 0.29) is 36.5 Å². The van der Waals surface area contributed by atoms with Gasteiger partial charge < -0.3 is 9.88 Å². The first-order valence-electron chi connectivity index (χ1n) is 9.76. The molecule has 0 aliphatic heterocycles. The Hall–Kier alpha value is -3.81. The fraction of sp³-hybridized carbons (Fsp3) is 0.227. The highest BCUT2D eigenvalue weighted by molar-refractivity contribution is 5.78. The molecule has 2 aromatic carbocycles. The van der Waals surface area contributed by atoms with E-state index in [9.17, 15) is 14.4 Å². The number of nitrogens with one attached hydrogen (secondary N) is 1. The van der Waals surface area contributed by atoms with Gasteiger partial charge in [-0.3, -0.25) is 19.0 Å². The summed E-state index contributed by atoms with van der Waals surface area (Å²) < 4.78 is 1.45. The van der Waals surface area contributed by atoms with Crippen molar-refractivity contribution >= 4 is 27.7 Å². The van der Waals surface area contributed by atoms with Gasteiger partial charge in [0.1, 0.15) is 5.82 Å². The molecule has 0 radical (unpaired) electrons. The Labute approximate surface area is 171 Å². The van der Waals surface area contributed by atoms with E-state index < -0.39 is 0 Å². The number of fused-ring (bicyclic) bond motifs is 2. The smallest absolute Gasteiger partial charge is 0.261 e. The number of aryl methyl sites for hydroxylation is 1. The van der Waals surface area contributed by atoms with E-state index in [1.165, 1.54) is 10.9 Å². The number of carbonyl (C=O) groups is 1. The largest absolute Gasteiger partial charge is 0.335 e. The van der Waals surface area contributed by atoms with Crippen molar-refractivity contribution in [3.8, 4) is 0 Å². The number of aromatic nitrogens is 4. The van der Waals surface area contributed by atoms with Crippen molar-refractivity contribution in [2.24, 2.45) is 0 Å². The number of carbonyl (C=O) groups excluding carboxylic acids is 1. The average molecular weight is 403 g/mol. The SMILES string of the molecule is CCN(Cc1nc2ccccc2c(=O)[nH]1)C(=O)CCn1cnc2ccccc2c1=O. The molecular weight excluding hydrogens is 382 g/mol. The van der Waals surface area contributed by atoms with Crippen LogP contribution in [0.4, 0.5) is 0 Å². The van der Waals surface area contributed by atoms with E-state index in [1.807, 2.05) is 19.1 Å². The summed E-state index contributed by atoms with van der Waals surface area (Å²) in [7, 11) is 0. The molecule has 0 aliphatic rings. The van der Waals surface area contributed by atoms with Crippen molar-refractivity contribution < 1.29 is 4.79 Å². The van der Waals surface area contributed by atoms with Crippen molar-refractivity contribution in [3.63, 3.8) is 0 Å². The maximum absolute atomic E-state index is 12.7. The number of H-pyrrole nitrogens is 1. The second-order valence-electron chi connectivity index (χ2n) is 6.95. The summed E-state index contributed by atoms with van der Waals surface area (Å²) in [6.45, 7) is 2.75. The summed E-state index contributed by atoms with van der Waals surface area (Å²) >= 11 is 0. The predicted molar refractivity (Wildman–Crippen MR) is 114 cm³/mol. The third kappa shape index (κ3) is 3.84. The minimum atomic E-state index is -0.229. The van der Waals surface area contributed by atoms with Crippen LogP contribution < -0.4 is 11.1 Å². The molecule has 152 valence electrons. The third-order valence-electron chi connectivity index (χ3n) is 5.04. The number of para-hydroxylation sites is 2. The molecule has 1 N–H and O–H groups in total. The molecule has 8 nitrogen and oxygen atoms in total. The number of hydrogen-bond acceptors (Lipinski definition) is 5. The summed E-state index contributed by atoms with van der Waals surface area (Å²) in [6, 6.07) is 14.2. The highest BCUT2D eigenvalue weighted by atomic mass is 16.2. The highest BCUT2D eigenvalue weighted by Crippen LogP contribution is 2.09. The van der Waals surface area contributed by atoms with Gasteiger partial charge in [0.15, 0.2) is 0 Å². The summed E-state index contributed by atoms with van der Waals surface area (Å²) in [4.78, 5) is 50.7. The molecule has 0 unspecified atom stereocenters. The lowest BCUT2D eigenvalue weighted by Crippen LogP contribution is -2.33. The molecule has 4 aromatic rings. The van der Waals surface area contributed by atoms with E-state index in [0.29, 0.717) is 34.2 Å². The average Bonchev–Trinajstić information content (AvgIpc) is 2.77. The highest BCUT2D eigenvalue weighted by Gasteiger charge is 2.15. The first-order valence-corrected chi connectivity index (χ1v) is 9.76. The topological polar surface area (TPSA) is 101 Å². The first-order chi connectivity index (χ1) is 14.6. The summed E-state index contributed by atoms with van der Waals surface area (Å²) in [5.74, 6) is 0.298. The summed E-state index contributed by atoms with van der Waals surface area (Å²) in [5.41, 5.74) is 0.824. The quantitative estimate of drug-likeness (QED) is 0.531. The van der Waals surface area contributed by atoms with Crippen LogP contribution in [0.1, 0.15) is 19.2 Å². The molecule has 2 aromatic heterocycles. The van der Waals surface area contributed by atoms with Crippen LogP contribution in [0.3, 0.4) is 0 Å². The van der Waals surface area contributed by atoms with Crippen LogP contribution in [0.2, 0.25) is 0 Å². The van der Waals surface area contributed by atoms with Gasteiger partial charge in [0.2, 0.25) is 5.91 Å². The monoisotopic (exact) mass is 403 g/mol. The molecule has 0 spiro atoms. The molecule has 0 aliphatic carbocycles. The standard InChI is InChI=1S/C22H21N5O3/c1-2-26(13-19-24-18-10-6-3-7-15(18)21(29)25-19)20(28)11-12-27-14-23-17-9-5-4-8-16(17)22(27)30/h3-10,14H,2,11-13H2,1H3,(H,24,25,29). The Bertz CT molecular complexity index is 1340. The molecule has 0 saturated carbocycles. The Morgan fingerprint density at radius 3 is 2.50 bits per heavy atom. The molecule has 1 amide bonds. The van der Waals surface area contributed by atoms with Crippen LogP contribution >= 0.6 is 0 Å². The fourth-order valence-electron chi connectivity index (χ4n) is 3.41. The fourth-order valence-corrected chi connectivity index (χ4v) is 3.41. The van der Waals surface area contributed by atoms with Gasteiger partial charge in [-0.25, -0.2) is 9.97 Å². The summed E-state index contributed by atoms with van der Waals surface area (Å²) in [5, 5.41) is 1.04. The predicted octanol–water partition coefficient (Wildman–Crippen LogP) is 2.07. The van der Waals surface area contributed by atoms with E-state index in [2.05, 4.69) is 15.0 Å².